The summed E-state index contributed by atoms with van der Waals surface area (Å²) in [5, 5.41) is 0. The molecule has 0 saturated heterocycles. The second kappa shape index (κ2) is 4.04. The number of rotatable bonds is 2. The summed E-state index contributed by atoms with van der Waals surface area (Å²) in [7, 11) is 0. The minimum absolute atomic E-state index is 0.151. The van der Waals surface area contributed by atoms with Crippen molar-refractivity contribution in [1.82, 2.24) is 0 Å². The van der Waals surface area contributed by atoms with Crippen LogP contribution in [0.4, 0.5) is 13.2 Å². The van der Waals surface area contributed by atoms with E-state index in [2.05, 4.69) is 0 Å². The Morgan fingerprint density at radius 3 is 2.33 bits per heavy atom. The normalized spacial score (nSPS) is 11.5. The third-order valence-electron chi connectivity index (χ3n) is 2.04. The SMILES string of the molecule is Cc1ccc(C(=O)CC(F)(F)F)c(C)c1. The van der Waals surface area contributed by atoms with E-state index >= 15 is 0 Å². The zero-order chi connectivity index (χ0) is 11.6. The zero-order valence-electron chi connectivity index (χ0n) is 8.48. The van der Waals surface area contributed by atoms with E-state index in [4.69, 9.17) is 0 Å². The van der Waals surface area contributed by atoms with Gasteiger partial charge in [0.25, 0.3) is 0 Å². The molecular weight excluding hydrogens is 205 g/mol. The molecular formula is C11H11F3O. The second-order valence-corrected chi connectivity index (χ2v) is 3.53. The van der Waals surface area contributed by atoms with Crippen molar-refractivity contribution >= 4 is 5.78 Å². The number of halogens is 3. The average Bonchev–Trinajstić information content (AvgIpc) is 1.99. The maximum absolute atomic E-state index is 12.0. The Labute approximate surface area is 85.9 Å². The molecule has 0 radical (unpaired) electrons. The van der Waals surface area contributed by atoms with Crippen molar-refractivity contribution in [1.29, 1.82) is 0 Å². The van der Waals surface area contributed by atoms with Gasteiger partial charge in [0.05, 0.1) is 0 Å². The molecule has 1 rings (SSSR count). The highest BCUT2D eigenvalue weighted by atomic mass is 19.4. The van der Waals surface area contributed by atoms with Crippen LogP contribution in [-0.2, 0) is 0 Å². The van der Waals surface area contributed by atoms with Crippen LogP contribution >= 0.6 is 0 Å². The Hall–Kier alpha value is -1.32. The first-order chi connectivity index (χ1) is 6.79. The quantitative estimate of drug-likeness (QED) is 0.692. The molecule has 0 amide bonds. The highest BCUT2D eigenvalue weighted by Crippen LogP contribution is 2.23. The smallest absolute Gasteiger partial charge is 0.294 e. The molecule has 0 aliphatic heterocycles. The number of aryl methyl sites for hydroxylation is 2. The van der Waals surface area contributed by atoms with Crippen LogP contribution in [0.25, 0.3) is 0 Å². The Kier molecular flexibility index (Phi) is 3.17. The molecule has 0 saturated carbocycles. The minimum atomic E-state index is -4.44. The Morgan fingerprint density at radius 2 is 1.87 bits per heavy atom. The summed E-state index contributed by atoms with van der Waals surface area (Å²) in [6.45, 7) is 3.46. The van der Waals surface area contributed by atoms with Crippen LogP contribution in [0.15, 0.2) is 18.2 Å². The molecule has 0 unspecified atom stereocenters. The lowest BCUT2D eigenvalue weighted by atomic mass is 10.0. The first-order valence-electron chi connectivity index (χ1n) is 4.47. The van der Waals surface area contributed by atoms with Gasteiger partial charge in [-0.1, -0.05) is 23.8 Å². The van der Waals surface area contributed by atoms with Gasteiger partial charge in [-0.05, 0) is 19.4 Å². The maximum Gasteiger partial charge on any atom is 0.396 e. The van der Waals surface area contributed by atoms with Crippen LogP contribution in [0.1, 0.15) is 27.9 Å². The number of benzene rings is 1. The van der Waals surface area contributed by atoms with E-state index in [1.807, 2.05) is 6.92 Å². The van der Waals surface area contributed by atoms with Crippen LogP contribution in [0, 0.1) is 13.8 Å². The molecule has 1 aromatic carbocycles. The minimum Gasteiger partial charge on any atom is -0.294 e. The number of Topliss-reactive ketones (excluding diaryl/α,β-unsaturated/α-hetero) is 1. The second-order valence-electron chi connectivity index (χ2n) is 3.53. The van der Waals surface area contributed by atoms with E-state index in [-0.39, 0.29) is 5.56 Å². The molecule has 0 spiro atoms. The van der Waals surface area contributed by atoms with Gasteiger partial charge >= 0.3 is 6.18 Å². The third-order valence-corrected chi connectivity index (χ3v) is 2.04. The van der Waals surface area contributed by atoms with E-state index in [9.17, 15) is 18.0 Å². The number of hydrogen-bond acceptors (Lipinski definition) is 1. The molecule has 1 nitrogen and oxygen atoms in total. The first-order valence-corrected chi connectivity index (χ1v) is 4.47. The summed E-state index contributed by atoms with van der Waals surface area (Å²) in [6, 6.07) is 4.78. The van der Waals surface area contributed by atoms with Gasteiger partial charge in [-0.25, -0.2) is 0 Å². The van der Waals surface area contributed by atoms with Crippen molar-refractivity contribution in [2.75, 3.05) is 0 Å². The fraction of sp³-hybridized carbons (Fsp3) is 0.364. The number of carbonyl (C=O) groups excluding carboxylic acids is 1. The van der Waals surface area contributed by atoms with Crippen LogP contribution in [0.2, 0.25) is 0 Å². The molecule has 4 heteroatoms. The Morgan fingerprint density at radius 1 is 1.27 bits per heavy atom. The highest BCUT2D eigenvalue weighted by molar-refractivity contribution is 5.97. The van der Waals surface area contributed by atoms with E-state index in [0.29, 0.717) is 5.56 Å². The van der Waals surface area contributed by atoms with Gasteiger partial charge in [-0.3, -0.25) is 4.79 Å². The number of hydrogen-bond donors (Lipinski definition) is 0. The van der Waals surface area contributed by atoms with Crippen LogP contribution in [-0.4, -0.2) is 12.0 Å². The van der Waals surface area contributed by atoms with E-state index < -0.39 is 18.4 Å². The molecule has 82 valence electrons. The predicted molar refractivity (Wildman–Crippen MR) is 50.9 cm³/mol. The Bertz CT molecular complexity index is 380. The molecule has 0 bridgehead atoms. The van der Waals surface area contributed by atoms with Crippen LogP contribution < -0.4 is 0 Å². The van der Waals surface area contributed by atoms with Crippen molar-refractivity contribution in [3.63, 3.8) is 0 Å². The molecule has 0 aromatic heterocycles. The summed E-state index contributed by atoms with van der Waals surface area (Å²) >= 11 is 0. The summed E-state index contributed by atoms with van der Waals surface area (Å²) in [4.78, 5) is 11.3. The van der Waals surface area contributed by atoms with Crippen molar-refractivity contribution in [2.45, 2.75) is 26.4 Å². The van der Waals surface area contributed by atoms with Gasteiger partial charge in [-0.15, -0.1) is 0 Å². The lowest BCUT2D eigenvalue weighted by Gasteiger charge is -2.08. The molecule has 0 atom stereocenters. The molecule has 1 aromatic rings. The van der Waals surface area contributed by atoms with Crippen molar-refractivity contribution in [2.24, 2.45) is 0 Å². The van der Waals surface area contributed by atoms with E-state index in [1.54, 1.807) is 19.1 Å². The van der Waals surface area contributed by atoms with Gasteiger partial charge in [0.2, 0.25) is 0 Å². The zero-order valence-corrected chi connectivity index (χ0v) is 8.48. The maximum atomic E-state index is 12.0. The average molecular weight is 216 g/mol. The number of ketones is 1. The van der Waals surface area contributed by atoms with Gasteiger partial charge in [0, 0.05) is 5.56 Å². The predicted octanol–water partition coefficient (Wildman–Crippen LogP) is 3.44. The van der Waals surface area contributed by atoms with Gasteiger partial charge in [-0.2, -0.15) is 13.2 Å². The molecule has 0 fully saturated rings. The first kappa shape index (κ1) is 11.8. The topological polar surface area (TPSA) is 17.1 Å². The third kappa shape index (κ3) is 3.38. The lowest BCUT2D eigenvalue weighted by molar-refractivity contribution is -0.125. The lowest BCUT2D eigenvalue weighted by Crippen LogP contribution is -2.15. The van der Waals surface area contributed by atoms with Crippen molar-refractivity contribution in [3.05, 3.63) is 34.9 Å². The molecule has 0 heterocycles. The van der Waals surface area contributed by atoms with Crippen LogP contribution in [0.3, 0.4) is 0 Å². The fourth-order valence-corrected chi connectivity index (χ4v) is 1.40. The summed E-state index contributed by atoms with van der Waals surface area (Å²) < 4.78 is 35.9. The van der Waals surface area contributed by atoms with Crippen molar-refractivity contribution < 1.29 is 18.0 Å². The monoisotopic (exact) mass is 216 g/mol. The summed E-state index contributed by atoms with van der Waals surface area (Å²) in [5.41, 5.74) is 1.67. The Balaban J connectivity index is 2.92. The van der Waals surface area contributed by atoms with E-state index in [0.717, 1.165) is 5.56 Å². The van der Waals surface area contributed by atoms with Crippen molar-refractivity contribution in [3.8, 4) is 0 Å². The largest absolute Gasteiger partial charge is 0.396 e. The van der Waals surface area contributed by atoms with E-state index in [1.165, 1.54) is 6.07 Å². The van der Waals surface area contributed by atoms with Gasteiger partial charge in [0.15, 0.2) is 5.78 Å². The van der Waals surface area contributed by atoms with Crippen LogP contribution in [0.5, 0.6) is 0 Å². The number of alkyl halides is 3. The molecule has 0 aliphatic carbocycles. The number of carbonyl (C=O) groups is 1. The van der Waals surface area contributed by atoms with Gasteiger partial charge < -0.3 is 0 Å². The fourth-order valence-electron chi connectivity index (χ4n) is 1.40. The van der Waals surface area contributed by atoms with Gasteiger partial charge in [0.1, 0.15) is 6.42 Å². The molecule has 0 aliphatic rings. The summed E-state index contributed by atoms with van der Waals surface area (Å²) in [6.07, 6.45) is -5.83. The summed E-state index contributed by atoms with van der Waals surface area (Å²) in [5.74, 6) is -0.875. The standard InChI is InChI=1S/C11H11F3O/c1-7-3-4-9(8(2)5-7)10(15)6-11(12,13)14/h3-5H,6H2,1-2H3. The highest BCUT2D eigenvalue weighted by Gasteiger charge is 2.31. The molecule has 0 N–H and O–H groups in total. The molecule has 15 heavy (non-hydrogen) atoms.